The van der Waals surface area contributed by atoms with E-state index in [9.17, 15) is 13.2 Å². The Morgan fingerprint density at radius 1 is 1.28 bits per heavy atom. The van der Waals surface area contributed by atoms with Crippen molar-refractivity contribution < 1.29 is 17.6 Å². The molecule has 2 heterocycles. The predicted octanol–water partition coefficient (Wildman–Crippen LogP) is 1.93. The van der Waals surface area contributed by atoms with E-state index in [1.54, 1.807) is 42.5 Å². The summed E-state index contributed by atoms with van der Waals surface area (Å²) in [5.74, 6) is 0.896. The van der Waals surface area contributed by atoms with E-state index in [-0.39, 0.29) is 35.6 Å². The molecule has 1 aromatic carbocycles. The number of benzene rings is 1. The molecule has 1 amide bonds. The van der Waals surface area contributed by atoms with Crippen molar-refractivity contribution in [3.05, 3.63) is 54.0 Å². The molecule has 8 heteroatoms. The Kier molecular flexibility index (Phi) is 4.63. The lowest BCUT2D eigenvalue weighted by molar-refractivity contribution is -0.131. The minimum absolute atomic E-state index is 0.0950. The summed E-state index contributed by atoms with van der Waals surface area (Å²) in [5.41, 5.74) is 0.534. The quantitative estimate of drug-likeness (QED) is 0.881. The zero-order valence-corrected chi connectivity index (χ0v) is 14.8. The van der Waals surface area contributed by atoms with Gasteiger partial charge in [-0.25, -0.2) is 8.42 Å². The van der Waals surface area contributed by atoms with Crippen LogP contribution < -0.4 is 4.72 Å². The molecule has 1 unspecified atom stereocenters. The van der Waals surface area contributed by atoms with Gasteiger partial charge in [-0.1, -0.05) is 12.1 Å². The fourth-order valence-electron chi connectivity index (χ4n) is 2.63. The SMILES string of the molecule is CC(c1ccco1)N(C)C(=O)CCN=C1NS(=O)(=O)c2ccccc21. The first-order valence-corrected chi connectivity index (χ1v) is 9.34. The molecule has 0 fully saturated rings. The van der Waals surface area contributed by atoms with Gasteiger partial charge in [-0.2, -0.15) is 0 Å². The minimum Gasteiger partial charge on any atom is -0.467 e. The van der Waals surface area contributed by atoms with E-state index in [1.165, 1.54) is 6.07 Å². The number of nitrogens with zero attached hydrogens (tertiary/aromatic N) is 2. The van der Waals surface area contributed by atoms with Crippen molar-refractivity contribution in [2.45, 2.75) is 24.3 Å². The molecular weight excluding hydrogens is 342 g/mol. The third kappa shape index (κ3) is 3.43. The first-order valence-electron chi connectivity index (χ1n) is 7.86. The topological polar surface area (TPSA) is 92.0 Å². The molecule has 7 nitrogen and oxygen atoms in total. The molecule has 1 aromatic heterocycles. The molecule has 1 atom stereocenters. The smallest absolute Gasteiger partial charge is 0.263 e. The van der Waals surface area contributed by atoms with Crippen LogP contribution in [0.1, 0.15) is 30.7 Å². The average Bonchev–Trinajstić information content (AvgIpc) is 3.21. The number of rotatable bonds is 5. The van der Waals surface area contributed by atoms with E-state index in [2.05, 4.69) is 9.71 Å². The van der Waals surface area contributed by atoms with Gasteiger partial charge in [0.1, 0.15) is 11.6 Å². The molecule has 1 aliphatic heterocycles. The molecule has 3 rings (SSSR count). The molecule has 0 saturated heterocycles. The van der Waals surface area contributed by atoms with Gasteiger partial charge in [0.15, 0.2) is 0 Å². The molecule has 0 spiro atoms. The Bertz CT molecular complexity index is 904. The van der Waals surface area contributed by atoms with E-state index in [0.29, 0.717) is 11.3 Å². The van der Waals surface area contributed by atoms with Crippen LogP contribution in [0.3, 0.4) is 0 Å². The van der Waals surface area contributed by atoms with Gasteiger partial charge in [-0.05, 0) is 31.2 Å². The molecule has 0 radical (unpaired) electrons. The average molecular weight is 361 g/mol. The van der Waals surface area contributed by atoms with Crippen molar-refractivity contribution in [1.29, 1.82) is 0 Å². The van der Waals surface area contributed by atoms with Gasteiger partial charge in [0, 0.05) is 19.0 Å². The second-order valence-electron chi connectivity index (χ2n) is 5.78. The predicted molar refractivity (Wildman–Crippen MR) is 92.7 cm³/mol. The fourth-order valence-corrected chi connectivity index (χ4v) is 3.88. The Balaban J connectivity index is 1.65. The minimum atomic E-state index is -3.55. The number of fused-ring (bicyclic) bond motifs is 1. The molecular formula is C17H19N3O4S. The Hall–Kier alpha value is -2.61. The summed E-state index contributed by atoms with van der Waals surface area (Å²) in [6.07, 6.45) is 1.74. The molecule has 0 bridgehead atoms. The van der Waals surface area contributed by atoms with Gasteiger partial charge in [0.25, 0.3) is 10.0 Å². The number of amides is 1. The van der Waals surface area contributed by atoms with Gasteiger partial charge >= 0.3 is 0 Å². The monoisotopic (exact) mass is 361 g/mol. The Morgan fingerprint density at radius 3 is 2.76 bits per heavy atom. The van der Waals surface area contributed by atoms with Crippen molar-refractivity contribution in [2.24, 2.45) is 4.99 Å². The number of aliphatic imine (C=N–C) groups is 1. The summed E-state index contributed by atoms with van der Waals surface area (Å²) in [5, 5.41) is 0. The summed E-state index contributed by atoms with van der Waals surface area (Å²) in [6, 6.07) is 10.1. The molecule has 0 aliphatic carbocycles. The van der Waals surface area contributed by atoms with Crippen molar-refractivity contribution in [1.82, 2.24) is 9.62 Å². The molecule has 1 N–H and O–H groups in total. The van der Waals surface area contributed by atoms with Crippen molar-refractivity contribution in [3.63, 3.8) is 0 Å². The first kappa shape index (κ1) is 17.2. The standard InChI is InChI=1S/C17H19N3O4S/c1-12(14-7-5-11-24-14)20(2)16(21)9-10-18-17-13-6-3-4-8-15(13)25(22,23)19-17/h3-8,11-12H,9-10H2,1-2H3,(H,18,19). The maximum absolute atomic E-state index is 12.3. The molecule has 2 aromatic rings. The zero-order chi connectivity index (χ0) is 18.0. The summed E-state index contributed by atoms with van der Waals surface area (Å²) in [4.78, 5) is 18.4. The second-order valence-corrected chi connectivity index (χ2v) is 7.43. The lowest BCUT2D eigenvalue weighted by Crippen LogP contribution is -2.30. The fraction of sp³-hybridized carbons (Fsp3) is 0.294. The maximum Gasteiger partial charge on any atom is 0.263 e. The number of furan rings is 1. The van der Waals surface area contributed by atoms with E-state index in [0.717, 1.165) is 0 Å². The zero-order valence-electron chi connectivity index (χ0n) is 14.0. The summed E-state index contributed by atoms with van der Waals surface area (Å²) >= 11 is 0. The highest BCUT2D eigenvalue weighted by molar-refractivity contribution is 7.90. The Labute approximate surface area is 146 Å². The number of carbonyl (C=O) groups excluding carboxylic acids is 1. The van der Waals surface area contributed by atoms with Gasteiger partial charge in [-0.3, -0.25) is 14.5 Å². The van der Waals surface area contributed by atoms with E-state index in [1.807, 2.05) is 13.0 Å². The number of nitrogens with one attached hydrogen (secondary N) is 1. The molecule has 1 aliphatic rings. The first-order chi connectivity index (χ1) is 11.9. The van der Waals surface area contributed by atoms with Gasteiger partial charge in [0.05, 0.1) is 23.7 Å². The third-order valence-corrected chi connectivity index (χ3v) is 5.58. The van der Waals surface area contributed by atoms with Crippen LogP contribution >= 0.6 is 0 Å². The highest BCUT2D eigenvalue weighted by Gasteiger charge is 2.30. The largest absolute Gasteiger partial charge is 0.467 e. The van der Waals surface area contributed by atoms with Crippen LogP contribution in [0.25, 0.3) is 0 Å². The Morgan fingerprint density at radius 2 is 2.04 bits per heavy atom. The van der Waals surface area contributed by atoms with Crippen LogP contribution in [0.5, 0.6) is 0 Å². The van der Waals surface area contributed by atoms with E-state index in [4.69, 9.17) is 4.42 Å². The maximum atomic E-state index is 12.3. The van der Waals surface area contributed by atoms with Crippen LogP contribution in [-0.2, 0) is 14.8 Å². The van der Waals surface area contributed by atoms with Crippen LogP contribution in [0.2, 0.25) is 0 Å². The normalized spacial score (nSPS) is 17.8. The lowest BCUT2D eigenvalue weighted by atomic mass is 10.2. The lowest BCUT2D eigenvalue weighted by Gasteiger charge is -2.23. The highest BCUT2D eigenvalue weighted by Crippen LogP contribution is 2.22. The summed E-state index contributed by atoms with van der Waals surface area (Å²) < 4.78 is 31.8. The number of hydrogen-bond donors (Lipinski definition) is 1. The molecule has 0 saturated carbocycles. The number of amidine groups is 1. The number of carbonyl (C=O) groups is 1. The van der Waals surface area contributed by atoms with Crippen molar-refractivity contribution in [3.8, 4) is 0 Å². The molecule has 25 heavy (non-hydrogen) atoms. The van der Waals surface area contributed by atoms with Crippen molar-refractivity contribution >= 4 is 21.8 Å². The highest BCUT2D eigenvalue weighted by atomic mass is 32.2. The van der Waals surface area contributed by atoms with Crippen LogP contribution in [0.15, 0.2) is 57.0 Å². The van der Waals surface area contributed by atoms with Crippen LogP contribution in [0, 0.1) is 0 Å². The van der Waals surface area contributed by atoms with Gasteiger partial charge < -0.3 is 9.32 Å². The second kappa shape index (κ2) is 6.72. The van der Waals surface area contributed by atoms with Crippen LogP contribution in [-0.4, -0.2) is 38.7 Å². The number of sulfonamides is 1. The van der Waals surface area contributed by atoms with Gasteiger partial charge in [0.2, 0.25) is 5.91 Å². The van der Waals surface area contributed by atoms with E-state index >= 15 is 0 Å². The van der Waals surface area contributed by atoms with Crippen LogP contribution in [0.4, 0.5) is 0 Å². The molecule has 132 valence electrons. The third-order valence-electron chi connectivity index (χ3n) is 4.19. The number of hydrogen-bond acceptors (Lipinski definition) is 5. The summed E-state index contributed by atoms with van der Waals surface area (Å²) in [7, 11) is -1.85. The van der Waals surface area contributed by atoms with Gasteiger partial charge in [-0.15, -0.1) is 0 Å². The van der Waals surface area contributed by atoms with E-state index < -0.39 is 10.0 Å². The summed E-state index contributed by atoms with van der Waals surface area (Å²) in [6.45, 7) is 2.07. The van der Waals surface area contributed by atoms with Crippen molar-refractivity contribution in [2.75, 3.05) is 13.6 Å².